The van der Waals surface area contributed by atoms with Crippen LogP contribution in [-0.2, 0) is 6.54 Å². The molecule has 0 spiro atoms. The smallest absolute Gasteiger partial charge is 0.252 e. The first kappa shape index (κ1) is 16.8. The van der Waals surface area contributed by atoms with E-state index < -0.39 is 5.91 Å². The molecule has 126 valence electrons. The van der Waals surface area contributed by atoms with Crippen LogP contribution in [0.5, 0.6) is 0 Å². The van der Waals surface area contributed by atoms with Gasteiger partial charge in [0.15, 0.2) is 0 Å². The van der Waals surface area contributed by atoms with Crippen LogP contribution in [0.1, 0.15) is 15.9 Å². The minimum atomic E-state index is -0.527. The van der Waals surface area contributed by atoms with Crippen LogP contribution in [0, 0.1) is 0 Å². The van der Waals surface area contributed by atoms with Crippen molar-refractivity contribution in [1.82, 2.24) is 4.98 Å². The number of carbonyl (C=O) groups excluding carboxylic acids is 1. The van der Waals surface area contributed by atoms with Crippen LogP contribution >= 0.6 is 11.6 Å². The first-order valence-corrected chi connectivity index (χ1v) is 8.10. The van der Waals surface area contributed by atoms with Crippen molar-refractivity contribution in [2.45, 2.75) is 6.54 Å². The van der Waals surface area contributed by atoms with Crippen LogP contribution in [0.2, 0.25) is 5.02 Å². The number of rotatable bonds is 6. The van der Waals surface area contributed by atoms with Gasteiger partial charge in [0.2, 0.25) is 0 Å². The zero-order chi connectivity index (χ0) is 17.6. The van der Waals surface area contributed by atoms with E-state index in [1.54, 1.807) is 18.2 Å². The maximum Gasteiger partial charge on any atom is 0.252 e. The summed E-state index contributed by atoms with van der Waals surface area (Å²) in [4.78, 5) is 15.9. The summed E-state index contributed by atoms with van der Waals surface area (Å²) in [5.74, 6) is 0.0731. The van der Waals surface area contributed by atoms with E-state index in [1.807, 2.05) is 42.5 Å². The Hall–Kier alpha value is -3.05. The van der Waals surface area contributed by atoms with E-state index in [2.05, 4.69) is 15.6 Å². The SMILES string of the molecule is NC(=O)c1cnc(Nc2ccc(Cl)cc2)cc1NCc1ccccc1. The Bertz CT molecular complexity index is 866. The molecule has 5 nitrogen and oxygen atoms in total. The van der Waals surface area contributed by atoms with Crippen LogP contribution in [0.4, 0.5) is 17.2 Å². The first-order valence-electron chi connectivity index (χ1n) is 7.72. The summed E-state index contributed by atoms with van der Waals surface area (Å²) in [5, 5.41) is 7.08. The Kier molecular flexibility index (Phi) is 5.16. The average molecular weight is 353 g/mol. The number of nitrogens with two attached hydrogens (primary N) is 1. The highest BCUT2D eigenvalue weighted by atomic mass is 35.5. The highest BCUT2D eigenvalue weighted by Gasteiger charge is 2.10. The molecule has 1 aromatic heterocycles. The normalized spacial score (nSPS) is 10.3. The van der Waals surface area contributed by atoms with Crippen molar-refractivity contribution in [2.24, 2.45) is 5.73 Å². The molecule has 0 aliphatic carbocycles. The summed E-state index contributed by atoms with van der Waals surface area (Å²) in [5.41, 5.74) is 8.37. The van der Waals surface area contributed by atoms with Crippen molar-refractivity contribution in [1.29, 1.82) is 0 Å². The van der Waals surface area contributed by atoms with Gasteiger partial charge in [0, 0.05) is 29.5 Å². The second-order valence-corrected chi connectivity index (χ2v) is 5.89. The molecule has 25 heavy (non-hydrogen) atoms. The third-order valence-electron chi connectivity index (χ3n) is 3.61. The second kappa shape index (κ2) is 7.68. The van der Waals surface area contributed by atoms with E-state index in [-0.39, 0.29) is 0 Å². The lowest BCUT2D eigenvalue weighted by atomic mass is 10.2. The minimum absolute atomic E-state index is 0.345. The van der Waals surface area contributed by atoms with E-state index in [0.717, 1.165) is 11.3 Å². The van der Waals surface area contributed by atoms with Gasteiger partial charge in [-0.2, -0.15) is 0 Å². The standard InChI is InChI=1S/C19H17ClN4O/c20-14-6-8-15(9-7-14)24-18-10-17(16(12-23-18)19(21)25)22-11-13-4-2-1-3-5-13/h1-10,12H,11H2,(H2,21,25)(H2,22,23,24). The van der Waals surface area contributed by atoms with Crippen molar-refractivity contribution in [3.8, 4) is 0 Å². The summed E-state index contributed by atoms with van der Waals surface area (Å²) < 4.78 is 0. The number of benzene rings is 2. The van der Waals surface area contributed by atoms with Crippen molar-refractivity contribution in [3.63, 3.8) is 0 Å². The fraction of sp³-hybridized carbons (Fsp3) is 0.0526. The lowest BCUT2D eigenvalue weighted by molar-refractivity contribution is 0.100. The maximum atomic E-state index is 11.6. The predicted molar refractivity (Wildman–Crippen MR) is 101 cm³/mol. The molecule has 4 N–H and O–H groups in total. The number of halogens is 1. The summed E-state index contributed by atoms with van der Waals surface area (Å²) >= 11 is 5.89. The highest BCUT2D eigenvalue weighted by molar-refractivity contribution is 6.30. The zero-order valence-corrected chi connectivity index (χ0v) is 14.1. The van der Waals surface area contributed by atoms with Crippen LogP contribution < -0.4 is 16.4 Å². The maximum absolute atomic E-state index is 11.6. The number of hydrogen-bond acceptors (Lipinski definition) is 4. The molecule has 0 saturated carbocycles. The van der Waals surface area contributed by atoms with E-state index in [1.165, 1.54) is 6.20 Å². The number of primary amides is 1. The summed E-state index contributed by atoms with van der Waals surface area (Å²) in [6.07, 6.45) is 1.47. The molecule has 0 aliphatic heterocycles. The van der Waals surface area contributed by atoms with Crippen LogP contribution in [0.3, 0.4) is 0 Å². The number of nitrogens with zero attached hydrogens (tertiary/aromatic N) is 1. The van der Waals surface area contributed by atoms with Crippen molar-refractivity contribution >= 4 is 34.7 Å². The Balaban J connectivity index is 1.81. The molecule has 0 radical (unpaired) electrons. The lowest BCUT2D eigenvalue weighted by Gasteiger charge is -2.13. The van der Waals surface area contributed by atoms with Crippen molar-refractivity contribution < 1.29 is 4.79 Å². The van der Waals surface area contributed by atoms with Gasteiger partial charge in [-0.15, -0.1) is 0 Å². The molecule has 3 aromatic rings. The van der Waals surface area contributed by atoms with E-state index in [9.17, 15) is 4.79 Å². The zero-order valence-electron chi connectivity index (χ0n) is 13.4. The minimum Gasteiger partial charge on any atom is -0.380 e. The molecule has 0 fully saturated rings. The van der Waals surface area contributed by atoms with Gasteiger partial charge < -0.3 is 16.4 Å². The van der Waals surface area contributed by atoms with Gasteiger partial charge in [-0.3, -0.25) is 4.79 Å². The van der Waals surface area contributed by atoms with Gasteiger partial charge in [0.05, 0.1) is 11.3 Å². The molecule has 3 rings (SSSR count). The lowest BCUT2D eigenvalue weighted by Crippen LogP contribution is -2.15. The molecular weight excluding hydrogens is 336 g/mol. The predicted octanol–water partition coefficient (Wildman–Crippen LogP) is 4.19. The number of hydrogen-bond donors (Lipinski definition) is 3. The van der Waals surface area contributed by atoms with E-state index >= 15 is 0 Å². The Morgan fingerprint density at radius 1 is 1.08 bits per heavy atom. The van der Waals surface area contributed by atoms with Crippen molar-refractivity contribution in [3.05, 3.63) is 83.0 Å². The molecule has 6 heteroatoms. The molecule has 0 unspecified atom stereocenters. The molecule has 0 bridgehead atoms. The van der Waals surface area contributed by atoms with Crippen LogP contribution in [0.15, 0.2) is 66.9 Å². The summed E-state index contributed by atoms with van der Waals surface area (Å²) in [6, 6.07) is 18.9. The quantitative estimate of drug-likeness (QED) is 0.621. The third kappa shape index (κ3) is 4.49. The highest BCUT2D eigenvalue weighted by Crippen LogP contribution is 2.23. The van der Waals surface area contributed by atoms with Crippen LogP contribution in [0.25, 0.3) is 0 Å². The van der Waals surface area contributed by atoms with Gasteiger partial charge in [0.25, 0.3) is 5.91 Å². The summed E-state index contributed by atoms with van der Waals surface area (Å²) in [6.45, 7) is 0.575. The van der Waals surface area contributed by atoms with Gasteiger partial charge in [0.1, 0.15) is 5.82 Å². The second-order valence-electron chi connectivity index (χ2n) is 5.45. The molecule has 2 aromatic carbocycles. The monoisotopic (exact) mass is 352 g/mol. The van der Waals surface area contributed by atoms with Crippen molar-refractivity contribution in [2.75, 3.05) is 10.6 Å². The topological polar surface area (TPSA) is 80.0 Å². The molecular formula is C19H17ClN4O. The van der Waals surface area contributed by atoms with E-state index in [4.69, 9.17) is 17.3 Å². The van der Waals surface area contributed by atoms with E-state index in [0.29, 0.717) is 28.6 Å². The van der Waals surface area contributed by atoms with Crippen LogP contribution in [-0.4, -0.2) is 10.9 Å². The molecule has 1 heterocycles. The van der Waals surface area contributed by atoms with Gasteiger partial charge in [-0.05, 0) is 29.8 Å². The number of aromatic nitrogens is 1. The van der Waals surface area contributed by atoms with Gasteiger partial charge >= 0.3 is 0 Å². The third-order valence-corrected chi connectivity index (χ3v) is 3.86. The molecule has 1 amide bonds. The van der Waals surface area contributed by atoms with Gasteiger partial charge in [-0.25, -0.2) is 4.98 Å². The summed E-state index contributed by atoms with van der Waals surface area (Å²) in [7, 11) is 0. The number of amides is 1. The average Bonchev–Trinajstić information content (AvgIpc) is 2.63. The number of pyridine rings is 1. The first-order chi connectivity index (χ1) is 12.1. The Labute approximate surface area is 150 Å². The molecule has 0 saturated heterocycles. The largest absolute Gasteiger partial charge is 0.380 e. The van der Waals surface area contributed by atoms with Gasteiger partial charge in [-0.1, -0.05) is 41.9 Å². The number of nitrogens with one attached hydrogen (secondary N) is 2. The fourth-order valence-electron chi connectivity index (χ4n) is 2.34. The Morgan fingerprint density at radius 3 is 2.48 bits per heavy atom. The number of anilines is 3. The fourth-order valence-corrected chi connectivity index (χ4v) is 2.47. The molecule has 0 atom stereocenters. The molecule has 0 aliphatic rings. The number of carbonyl (C=O) groups is 1. The Morgan fingerprint density at radius 2 is 1.80 bits per heavy atom.